The number of likely N-dealkylation sites (tertiary alicyclic amines) is 1. The molecule has 0 amide bonds. The maximum Gasteiger partial charge on any atom is 0.279 e. The van der Waals surface area contributed by atoms with E-state index in [0.29, 0.717) is 25.6 Å². The van der Waals surface area contributed by atoms with Crippen LogP contribution in [0.1, 0.15) is 26.7 Å². The minimum atomic E-state index is -3.38. The van der Waals surface area contributed by atoms with Crippen LogP contribution in [-0.4, -0.2) is 69.6 Å². The van der Waals surface area contributed by atoms with Crippen molar-refractivity contribution < 1.29 is 13.2 Å². The molecular weight excluding hydrogens is 278 g/mol. The summed E-state index contributed by atoms with van der Waals surface area (Å²) in [5.74, 6) is 0.416. The van der Waals surface area contributed by atoms with Crippen molar-refractivity contribution in [3.8, 4) is 0 Å². The third kappa shape index (κ3) is 4.39. The molecule has 118 valence electrons. The van der Waals surface area contributed by atoms with E-state index >= 15 is 0 Å². The van der Waals surface area contributed by atoms with Crippen molar-refractivity contribution in [3.05, 3.63) is 0 Å². The van der Waals surface area contributed by atoms with Gasteiger partial charge in [-0.2, -0.15) is 12.7 Å². The first-order valence-corrected chi connectivity index (χ1v) is 8.89. The zero-order chi connectivity index (χ0) is 14.8. The summed E-state index contributed by atoms with van der Waals surface area (Å²) in [6, 6.07) is 0. The molecule has 1 N–H and O–H groups in total. The van der Waals surface area contributed by atoms with E-state index in [0.717, 1.165) is 25.9 Å². The van der Waals surface area contributed by atoms with E-state index in [1.807, 2.05) is 13.8 Å². The van der Waals surface area contributed by atoms with Crippen molar-refractivity contribution in [2.75, 3.05) is 39.8 Å². The molecule has 2 rings (SSSR count). The predicted molar refractivity (Wildman–Crippen MR) is 78.7 cm³/mol. The van der Waals surface area contributed by atoms with Crippen LogP contribution in [0, 0.1) is 5.92 Å². The summed E-state index contributed by atoms with van der Waals surface area (Å²) in [5, 5.41) is 0. The lowest BCUT2D eigenvalue weighted by atomic mass is 9.99. The number of rotatable bonds is 4. The Balaban J connectivity index is 1.87. The molecule has 0 bridgehead atoms. The Morgan fingerprint density at radius 3 is 2.45 bits per heavy atom. The van der Waals surface area contributed by atoms with Gasteiger partial charge in [0.15, 0.2) is 0 Å². The Bertz CT molecular complexity index is 405. The highest BCUT2D eigenvalue weighted by Crippen LogP contribution is 2.16. The third-order valence-corrected chi connectivity index (χ3v) is 5.51. The highest BCUT2D eigenvalue weighted by atomic mass is 32.2. The van der Waals surface area contributed by atoms with Crippen LogP contribution in [0.25, 0.3) is 0 Å². The number of ether oxygens (including phenoxy) is 1. The van der Waals surface area contributed by atoms with E-state index in [4.69, 9.17) is 4.74 Å². The van der Waals surface area contributed by atoms with Crippen molar-refractivity contribution >= 4 is 10.2 Å². The first kappa shape index (κ1) is 16.2. The summed E-state index contributed by atoms with van der Waals surface area (Å²) in [5.41, 5.74) is 0. The molecular formula is C13H27N3O3S. The van der Waals surface area contributed by atoms with E-state index in [-0.39, 0.29) is 12.2 Å². The lowest BCUT2D eigenvalue weighted by molar-refractivity contribution is -0.0444. The van der Waals surface area contributed by atoms with E-state index in [2.05, 4.69) is 16.7 Å². The number of hydrogen-bond donors (Lipinski definition) is 1. The molecule has 0 saturated carbocycles. The summed E-state index contributed by atoms with van der Waals surface area (Å²) in [7, 11) is -1.29. The molecule has 2 aliphatic rings. The van der Waals surface area contributed by atoms with Crippen molar-refractivity contribution in [1.29, 1.82) is 0 Å². The van der Waals surface area contributed by atoms with Gasteiger partial charge < -0.3 is 9.64 Å². The summed E-state index contributed by atoms with van der Waals surface area (Å²) in [6.07, 6.45) is 2.16. The minimum Gasteiger partial charge on any atom is -0.373 e. The van der Waals surface area contributed by atoms with Crippen LogP contribution < -0.4 is 4.72 Å². The smallest absolute Gasteiger partial charge is 0.279 e. The molecule has 2 heterocycles. The normalized spacial score (nSPS) is 34.2. The quantitative estimate of drug-likeness (QED) is 0.810. The fraction of sp³-hybridized carbons (Fsp3) is 1.00. The van der Waals surface area contributed by atoms with Gasteiger partial charge >= 0.3 is 0 Å². The van der Waals surface area contributed by atoms with Gasteiger partial charge in [-0.15, -0.1) is 0 Å². The molecule has 0 aromatic heterocycles. The van der Waals surface area contributed by atoms with Gasteiger partial charge in [-0.25, -0.2) is 4.72 Å². The average molecular weight is 305 g/mol. The predicted octanol–water partition coefficient (Wildman–Crippen LogP) is 0.272. The highest BCUT2D eigenvalue weighted by Gasteiger charge is 2.31. The van der Waals surface area contributed by atoms with Crippen LogP contribution in [0.2, 0.25) is 0 Å². The fourth-order valence-electron chi connectivity index (χ4n) is 3.08. The van der Waals surface area contributed by atoms with Gasteiger partial charge in [0.2, 0.25) is 0 Å². The maximum atomic E-state index is 12.3. The Morgan fingerprint density at radius 2 is 1.85 bits per heavy atom. The first-order chi connectivity index (χ1) is 9.37. The molecule has 7 heteroatoms. The molecule has 6 nitrogen and oxygen atoms in total. The molecule has 2 aliphatic heterocycles. The Labute approximate surface area is 122 Å². The van der Waals surface area contributed by atoms with Gasteiger partial charge in [0.1, 0.15) is 0 Å². The molecule has 2 fully saturated rings. The largest absolute Gasteiger partial charge is 0.373 e. The van der Waals surface area contributed by atoms with E-state index < -0.39 is 10.2 Å². The SMILES string of the molecule is CC1CN(S(=O)(=O)NCC2CCCN(C)C2)CC(C)O1. The summed E-state index contributed by atoms with van der Waals surface area (Å²) in [6.45, 7) is 7.31. The topological polar surface area (TPSA) is 61.9 Å². The molecule has 0 aromatic rings. The number of hydrogen-bond acceptors (Lipinski definition) is 4. The van der Waals surface area contributed by atoms with Gasteiger partial charge in [0, 0.05) is 26.2 Å². The second-order valence-electron chi connectivity index (χ2n) is 6.20. The van der Waals surface area contributed by atoms with Crippen LogP contribution in [0.3, 0.4) is 0 Å². The minimum absolute atomic E-state index is 0.0452. The molecule has 3 atom stereocenters. The van der Waals surface area contributed by atoms with Gasteiger partial charge in [0.05, 0.1) is 12.2 Å². The van der Waals surface area contributed by atoms with Crippen LogP contribution in [0.4, 0.5) is 0 Å². The summed E-state index contributed by atoms with van der Waals surface area (Å²) in [4.78, 5) is 2.27. The lowest BCUT2D eigenvalue weighted by Gasteiger charge is -2.35. The Morgan fingerprint density at radius 1 is 1.20 bits per heavy atom. The van der Waals surface area contributed by atoms with Crippen molar-refractivity contribution in [2.45, 2.75) is 38.9 Å². The van der Waals surface area contributed by atoms with E-state index in [9.17, 15) is 8.42 Å². The summed E-state index contributed by atoms with van der Waals surface area (Å²) < 4.78 is 34.6. The molecule has 0 aromatic carbocycles. The highest BCUT2D eigenvalue weighted by molar-refractivity contribution is 7.87. The fourth-order valence-corrected chi connectivity index (χ4v) is 4.52. The molecule has 0 aliphatic carbocycles. The second-order valence-corrected chi connectivity index (χ2v) is 7.95. The molecule has 0 spiro atoms. The van der Waals surface area contributed by atoms with Crippen LogP contribution in [0.15, 0.2) is 0 Å². The number of nitrogens with one attached hydrogen (secondary N) is 1. The van der Waals surface area contributed by atoms with E-state index in [1.165, 1.54) is 4.31 Å². The Kier molecular flexibility index (Phi) is 5.42. The van der Waals surface area contributed by atoms with E-state index in [1.54, 1.807) is 0 Å². The van der Waals surface area contributed by atoms with Crippen molar-refractivity contribution in [3.63, 3.8) is 0 Å². The standard InChI is InChI=1S/C13H27N3O3S/c1-11-8-16(9-12(2)19-11)20(17,18)14-7-13-5-4-6-15(3)10-13/h11-14H,4-10H2,1-3H3. The number of morpholine rings is 1. The van der Waals surface area contributed by atoms with Crippen LogP contribution >= 0.6 is 0 Å². The molecule has 0 radical (unpaired) electrons. The lowest BCUT2D eigenvalue weighted by Crippen LogP contribution is -2.53. The first-order valence-electron chi connectivity index (χ1n) is 7.45. The van der Waals surface area contributed by atoms with Crippen molar-refractivity contribution in [2.24, 2.45) is 5.92 Å². The van der Waals surface area contributed by atoms with Gasteiger partial charge in [-0.3, -0.25) is 0 Å². The number of piperidine rings is 1. The van der Waals surface area contributed by atoms with Crippen LogP contribution in [-0.2, 0) is 14.9 Å². The van der Waals surface area contributed by atoms with Crippen LogP contribution in [0.5, 0.6) is 0 Å². The van der Waals surface area contributed by atoms with Crippen molar-refractivity contribution in [1.82, 2.24) is 13.9 Å². The molecule has 2 saturated heterocycles. The van der Waals surface area contributed by atoms with Gasteiger partial charge in [-0.1, -0.05) is 0 Å². The molecule has 3 unspecified atom stereocenters. The zero-order valence-electron chi connectivity index (χ0n) is 12.7. The summed E-state index contributed by atoms with van der Waals surface area (Å²) >= 11 is 0. The number of nitrogens with zero attached hydrogens (tertiary/aromatic N) is 2. The Hall–Kier alpha value is -0.210. The maximum absolute atomic E-state index is 12.3. The molecule has 20 heavy (non-hydrogen) atoms. The average Bonchev–Trinajstić information content (AvgIpc) is 2.35. The van der Waals surface area contributed by atoms with Gasteiger partial charge in [-0.05, 0) is 46.2 Å². The third-order valence-electron chi connectivity index (χ3n) is 4.00. The zero-order valence-corrected chi connectivity index (χ0v) is 13.5. The second kappa shape index (κ2) is 6.70. The monoisotopic (exact) mass is 305 g/mol. The van der Waals surface area contributed by atoms with Gasteiger partial charge in [0.25, 0.3) is 10.2 Å².